The highest BCUT2D eigenvalue weighted by atomic mass is 16.3. The second-order valence-electron chi connectivity index (χ2n) is 4.60. The molecular weight excluding hydrogens is 186 g/mol. The van der Waals surface area contributed by atoms with Crippen LogP contribution in [0.2, 0.25) is 0 Å². The van der Waals surface area contributed by atoms with Crippen molar-refractivity contribution >= 4 is 0 Å². The molecule has 1 aromatic rings. The van der Waals surface area contributed by atoms with Gasteiger partial charge < -0.3 is 5.11 Å². The lowest BCUT2D eigenvalue weighted by Gasteiger charge is -2.15. The van der Waals surface area contributed by atoms with Gasteiger partial charge in [-0.3, -0.25) is 4.90 Å². The summed E-state index contributed by atoms with van der Waals surface area (Å²) in [5.41, 5.74) is 1.36. The molecule has 2 atom stereocenters. The molecule has 0 amide bonds. The van der Waals surface area contributed by atoms with Crippen molar-refractivity contribution in [3.05, 3.63) is 35.9 Å². The van der Waals surface area contributed by atoms with E-state index in [1.807, 2.05) is 6.07 Å². The first-order valence-corrected chi connectivity index (χ1v) is 5.66. The number of rotatable bonds is 3. The molecule has 1 unspecified atom stereocenters. The molecule has 0 aliphatic carbocycles. The number of aliphatic hydroxyl groups is 1. The summed E-state index contributed by atoms with van der Waals surface area (Å²) >= 11 is 0. The van der Waals surface area contributed by atoms with Crippen LogP contribution in [0.4, 0.5) is 0 Å². The Morgan fingerprint density at radius 2 is 2.00 bits per heavy atom. The van der Waals surface area contributed by atoms with E-state index >= 15 is 0 Å². The topological polar surface area (TPSA) is 23.5 Å². The van der Waals surface area contributed by atoms with Gasteiger partial charge in [0.1, 0.15) is 0 Å². The number of likely N-dealkylation sites (tertiary alicyclic amines) is 1. The first-order valence-electron chi connectivity index (χ1n) is 5.66. The Labute approximate surface area is 91.5 Å². The lowest BCUT2D eigenvalue weighted by molar-refractivity contribution is 0.204. The van der Waals surface area contributed by atoms with E-state index in [4.69, 9.17) is 0 Å². The van der Waals surface area contributed by atoms with Crippen LogP contribution in [0.15, 0.2) is 30.3 Å². The fraction of sp³-hybridized carbons (Fsp3) is 0.538. The van der Waals surface area contributed by atoms with E-state index in [1.54, 1.807) is 0 Å². The van der Waals surface area contributed by atoms with E-state index in [-0.39, 0.29) is 0 Å². The zero-order valence-electron chi connectivity index (χ0n) is 9.26. The fourth-order valence-electron chi connectivity index (χ4n) is 2.35. The molecule has 1 aromatic carbocycles. The summed E-state index contributed by atoms with van der Waals surface area (Å²) in [6, 6.07) is 10.5. The smallest absolute Gasteiger partial charge is 0.0474 e. The normalized spacial score (nSPS) is 27.1. The SMILES string of the molecule is CC1CN(Cc2ccccc2)C[C@@H]1CO. The second-order valence-corrected chi connectivity index (χ2v) is 4.60. The third-order valence-electron chi connectivity index (χ3n) is 3.33. The largest absolute Gasteiger partial charge is 0.396 e. The van der Waals surface area contributed by atoms with Crippen molar-refractivity contribution in [3.8, 4) is 0 Å². The summed E-state index contributed by atoms with van der Waals surface area (Å²) in [6.07, 6.45) is 0. The van der Waals surface area contributed by atoms with Crippen molar-refractivity contribution in [2.45, 2.75) is 13.5 Å². The van der Waals surface area contributed by atoms with Crippen molar-refractivity contribution in [1.82, 2.24) is 4.90 Å². The Morgan fingerprint density at radius 3 is 2.60 bits per heavy atom. The average Bonchev–Trinajstić information content (AvgIpc) is 2.60. The Balaban J connectivity index is 1.92. The van der Waals surface area contributed by atoms with Crippen LogP contribution < -0.4 is 0 Å². The minimum absolute atomic E-state index is 0.326. The maximum absolute atomic E-state index is 9.19. The number of hydrogen-bond acceptors (Lipinski definition) is 2. The van der Waals surface area contributed by atoms with Crippen molar-refractivity contribution in [2.75, 3.05) is 19.7 Å². The third kappa shape index (κ3) is 2.58. The summed E-state index contributed by atoms with van der Waals surface area (Å²) in [4.78, 5) is 2.43. The molecule has 15 heavy (non-hydrogen) atoms. The number of aliphatic hydroxyl groups excluding tert-OH is 1. The minimum Gasteiger partial charge on any atom is -0.396 e. The van der Waals surface area contributed by atoms with Crippen molar-refractivity contribution in [2.24, 2.45) is 11.8 Å². The molecule has 1 N–H and O–H groups in total. The molecule has 1 saturated heterocycles. The van der Waals surface area contributed by atoms with Crippen molar-refractivity contribution in [1.29, 1.82) is 0 Å². The Hall–Kier alpha value is -0.860. The van der Waals surface area contributed by atoms with Gasteiger partial charge in [-0.25, -0.2) is 0 Å². The first-order chi connectivity index (χ1) is 7.29. The lowest BCUT2D eigenvalue weighted by atomic mass is 10.00. The molecule has 2 heteroatoms. The summed E-state index contributed by atoms with van der Waals surface area (Å²) < 4.78 is 0. The first kappa shape index (κ1) is 10.7. The van der Waals surface area contributed by atoms with E-state index in [0.29, 0.717) is 18.4 Å². The van der Waals surface area contributed by atoms with Crippen molar-refractivity contribution in [3.63, 3.8) is 0 Å². The summed E-state index contributed by atoms with van der Waals surface area (Å²) in [5, 5.41) is 9.19. The van der Waals surface area contributed by atoms with E-state index in [9.17, 15) is 5.11 Å². The van der Waals surface area contributed by atoms with Crippen LogP contribution in [0.5, 0.6) is 0 Å². The van der Waals surface area contributed by atoms with Gasteiger partial charge in [-0.1, -0.05) is 37.3 Å². The van der Waals surface area contributed by atoms with Gasteiger partial charge in [0.15, 0.2) is 0 Å². The highest BCUT2D eigenvalue weighted by Crippen LogP contribution is 2.23. The molecule has 2 nitrogen and oxygen atoms in total. The highest BCUT2D eigenvalue weighted by Gasteiger charge is 2.28. The molecule has 0 spiro atoms. The molecule has 0 radical (unpaired) electrons. The molecule has 0 saturated carbocycles. The monoisotopic (exact) mass is 205 g/mol. The second kappa shape index (κ2) is 4.77. The van der Waals surface area contributed by atoms with Gasteiger partial charge >= 0.3 is 0 Å². The van der Waals surface area contributed by atoms with E-state index in [0.717, 1.165) is 19.6 Å². The van der Waals surface area contributed by atoms with Crippen LogP contribution in [-0.2, 0) is 6.54 Å². The zero-order chi connectivity index (χ0) is 10.7. The maximum Gasteiger partial charge on any atom is 0.0474 e. The Kier molecular flexibility index (Phi) is 3.39. The summed E-state index contributed by atoms with van der Waals surface area (Å²) in [5.74, 6) is 1.09. The Bertz CT molecular complexity index is 299. The van der Waals surface area contributed by atoms with Gasteiger partial charge in [0.2, 0.25) is 0 Å². The van der Waals surface area contributed by atoms with Gasteiger partial charge in [0, 0.05) is 26.2 Å². The molecular formula is C13H19NO. The van der Waals surface area contributed by atoms with E-state index in [2.05, 4.69) is 36.1 Å². The van der Waals surface area contributed by atoms with Gasteiger partial charge in [0.25, 0.3) is 0 Å². The minimum atomic E-state index is 0.326. The van der Waals surface area contributed by atoms with E-state index in [1.165, 1.54) is 5.56 Å². The molecule has 82 valence electrons. The van der Waals surface area contributed by atoms with Gasteiger partial charge in [-0.05, 0) is 17.4 Å². The van der Waals surface area contributed by atoms with Crippen LogP contribution in [0, 0.1) is 11.8 Å². The standard InChI is InChI=1S/C13H19NO/c1-11-7-14(9-13(11)10-15)8-12-5-3-2-4-6-12/h2-6,11,13,15H,7-10H2,1H3/t11?,13-/m1/s1. The molecule has 0 bridgehead atoms. The maximum atomic E-state index is 9.19. The Morgan fingerprint density at radius 1 is 1.27 bits per heavy atom. The van der Waals surface area contributed by atoms with E-state index < -0.39 is 0 Å². The molecule has 1 heterocycles. The molecule has 2 rings (SSSR count). The predicted octanol–water partition coefficient (Wildman–Crippen LogP) is 1.75. The fourth-order valence-corrected chi connectivity index (χ4v) is 2.35. The quantitative estimate of drug-likeness (QED) is 0.812. The molecule has 1 fully saturated rings. The number of benzene rings is 1. The highest BCUT2D eigenvalue weighted by molar-refractivity contribution is 5.14. The predicted molar refractivity (Wildman–Crippen MR) is 61.5 cm³/mol. The number of nitrogens with zero attached hydrogens (tertiary/aromatic N) is 1. The molecule has 1 aliphatic rings. The van der Waals surface area contributed by atoms with Gasteiger partial charge in [-0.15, -0.1) is 0 Å². The van der Waals surface area contributed by atoms with Gasteiger partial charge in [0.05, 0.1) is 0 Å². The van der Waals surface area contributed by atoms with Gasteiger partial charge in [-0.2, -0.15) is 0 Å². The summed E-state index contributed by atoms with van der Waals surface area (Å²) in [7, 11) is 0. The van der Waals surface area contributed by atoms with Crippen LogP contribution in [0.1, 0.15) is 12.5 Å². The average molecular weight is 205 g/mol. The van der Waals surface area contributed by atoms with Crippen LogP contribution in [0.25, 0.3) is 0 Å². The lowest BCUT2D eigenvalue weighted by Crippen LogP contribution is -2.20. The third-order valence-corrected chi connectivity index (χ3v) is 3.33. The van der Waals surface area contributed by atoms with Crippen molar-refractivity contribution < 1.29 is 5.11 Å². The molecule has 0 aromatic heterocycles. The van der Waals surface area contributed by atoms with Crippen LogP contribution in [-0.4, -0.2) is 29.7 Å². The number of hydrogen-bond donors (Lipinski definition) is 1. The zero-order valence-corrected chi connectivity index (χ0v) is 9.26. The van der Waals surface area contributed by atoms with Crippen LogP contribution in [0.3, 0.4) is 0 Å². The summed E-state index contributed by atoms with van der Waals surface area (Å²) in [6.45, 7) is 5.71. The molecule has 1 aliphatic heterocycles. The van der Waals surface area contributed by atoms with Crippen LogP contribution >= 0.6 is 0 Å².